The van der Waals surface area contributed by atoms with Crippen LogP contribution in [0.5, 0.6) is 0 Å². The van der Waals surface area contributed by atoms with Gasteiger partial charge in [0.2, 0.25) is 0 Å². The maximum absolute atomic E-state index is 11.7. The predicted molar refractivity (Wildman–Crippen MR) is 85.0 cm³/mol. The molecule has 6 nitrogen and oxygen atoms in total. The second kappa shape index (κ2) is 5.31. The maximum atomic E-state index is 11.7. The highest BCUT2D eigenvalue weighted by Crippen LogP contribution is 2.42. The van der Waals surface area contributed by atoms with Crippen LogP contribution < -0.4 is 0 Å². The van der Waals surface area contributed by atoms with Crippen molar-refractivity contribution < 1.29 is 17.9 Å². The van der Waals surface area contributed by atoms with E-state index in [0.717, 1.165) is 0 Å². The Balaban J connectivity index is 4.16. The Morgan fingerprint density at radius 2 is 1.55 bits per heavy atom. The van der Waals surface area contributed by atoms with E-state index in [1.165, 1.54) is 6.07 Å². The molecular formula is C15H23NO5S. The average Bonchev–Trinajstić information content (AvgIpc) is 2.22. The van der Waals surface area contributed by atoms with Crippen LogP contribution in [-0.2, 0) is 20.9 Å². The maximum Gasteiger partial charge on any atom is 0.301 e. The summed E-state index contributed by atoms with van der Waals surface area (Å²) in [6.07, 6.45) is 0. The third kappa shape index (κ3) is 3.47. The molecule has 0 fully saturated rings. The lowest BCUT2D eigenvalue weighted by Gasteiger charge is -2.29. The van der Waals surface area contributed by atoms with Crippen LogP contribution in [-0.4, -0.2) is 17.9 Å². The molecule has 0 aliphatic carbocycles. The summed E-state index contributed by atoms with van der Waals surface area (Å²) in [5.41, 5.74) is 0.0686. The van der Waals surface area contributed by atoms with E-state index in [9.17, 15) is 23.1 Å². The molecule has 1 aromatic rings. The molecule has 1 N–H and O–H groups in total. The fourth-order valence-electron chi connectivity index (χ4n) is 2.82. The summed E-state index contributed by atoms with van der Waals surface area (Å²) < 4.78 is 32.8. The van der Waals surface area contributed by atoms with E-state index in [1.807, 2.05) is 20.8 Å². The minimum absolute atomic E-state index is 0.331. The quantitative estimate of drug-likeness (QED) is 0.506. The molecule has 0 saturated carbocycles. The molecule has 0 aromatic heterocycles. The second-order valence-corrected chi connectivity index (χ2v) is 8.89. The third-order valence-corrected chi connectivity index (χ3v) is 4.41. The summed E-state index contributed by atoms with van der Waals surface area (Å²) >= 11 is 0. The average molecular weight is 329 g/mol. The van der Waals surface area contributed by atoms with Crippen molar-refractivity contribution in [3.63, 3.8) is 0 Å². The highest BCUT2D eigenvalue weighted by Gasteiger charge is 2.37. The van der Waals surface area contributed by atoms with Gasteiger partial charge >= 0.3 is 10.1 Å². The van der Waals surface area contributed by atoms with Gasteiger partial charge in [-0.1, -0.05) is 41.5 Å². The predicted octanol–water partition coefficient (Wildman–Crippen LogP) is 3.74. The van der Waals surface area contributed by atoms with Gasteiger partial charge in [0.25, 0.3) is 5.69 Å². The van der Waals surface area contributed by atoms with Crippen LogP contribution >= 0.6 is 0 Å². The SMILES string of the molecule is Cc1c(C(C)(C)C)cc(S(=O)(=O)O)c([N+](=O)[O-])c1C(C)(C)C. The lowest BCUT2D eigenvalue weighted by molar-refractivity contribution is -0.389. The summed E-state index contributed by atoms with van der Waals surface area (Å²) in [6.45, 7) is 12.8. The van der Waals surface area contributed by atoms with Crippen molar-refractivity contribution in [2.75, 3.05) is 0 Å². The van der Waals surface area contributed by atoms with Crippen molar-refractivity contribution in [3.8, 4) is 0 Å². The summed E-state index contributed by atoms with van der Waals surface area (Å²) in [4.78, 5) is 10.1. The first-order chi connectivity index (χ1) is 9.58. The molecule has 0 unspecified atom stereocenters. The molecular weight excluding hydrogens is 306 g/mol. The molecule has 0 heterocycles. The zero-order valence-electron chi connectivity index (χ0n) is 14.0. The van der Waals surface area contributed by atoms with Crippen LogP contribution in [0.25, 0.3) is 0 Å². The van der Waals surface area contributed by atoms with Crippen LogP contribution in [0.1, 0.15) is 58.2 Å². The lowest BCUT2D eigenvalue weighted by Crippen LogP contribution is -2.23. The summed E-state index contributed by atoms with van der Waals surface area (Å²) in [6, 6.07) is 1.22. The Morgan fingerprint density at radius 1 is 1.09 bits per heavy atom. The Kier molecular flexibility index (Phi) is 4.49. The minimum Gasteiger partial charge on any atom is -0.282 e. The van der Waals surface area contributed by atoms with Gasteiger partial charge < -0.3 is 0 Å². The van der Waals surface area contributed by atoms with Crippen molar-refractivity contribution in [1.29, 1.82) is 0 Å². The molecule has 0 spiro atoms. The first-order valence-corrected chi connectivity index (χ1v) is 8.33. The van der Waals surface area contributed by atoms with Crippen LogP contribution in [0.4, 0.5) is 5.69 Å². The highest BCUT2D eigenvalue weighted by molar-refractivity contribution is 7.86. The Labute approximate surface area is 131 Å². The monoisotopic (exact) mass is 329 g/mol. The van der Waals surface area contributed by atoms with Gasteiger partial charge in [0.15, 0.2) is 4.90 Å². The molecule has 0 bridgehead atoms. The van der Waals surface area contributed by atoms with Crippen molar-refractivity contribution in [2.45, 2.75) is 64.2 Å². The normalized spacial score (nSPS) is 13.3. The molecule has 1 rings (SSSR count). The summed E-state index contributed by atoms with van der Waals surface area (Å²) in [5, 5.41) is 11.5. The van der Waals surface area contributed by atoms with Gasteiger partial charge in [-0.25, -0.2) is 0 Å². The first-order valence-electron chi connectivity index (χ1n) is 6.89. The van der Waals surface area contributed by atoms with E-state index in [4.69, 9.17) is 0 Å². The number of hydrogen-bond acceptors (Lipinski definition) is 4. The second-order valence-electron chi connectivity index (χ2n) is 7.50. The Morgan fingerprint density at radius 3 is 1.82 bits per heavy atom. The lowest BCUT2D eigenvalue weighted by atomic mass is 9.76. The van der Waals surface area contributed by atoms with Crippen molar-refractivity contribution in [3.05, 3.63) is 32.9 Å². The van der Waals surface area contributed by atoms with Gasteiger partial charge in [0.1, 0.15) is 0 Å². The standard InChI is InChI=1S/C15H23NO5S/c1-9-10(14(2,3)4)8-11(22(19,20)21)13(16(17)18)12(9)15(5,6)7/h8H,1-7H3,(H,19,20,21). The topological polar surface area (TPSA) is 97.5 Å². The van der Waals surface area contributed by atoms with Gasteiger partial charge in [0, 0.05) is 5.56 Å². The van der Waals surface area contributed by atoms with Crippen molar-refractivity contribution in [1.82, 2.24) is 0 Å². The van der Waals surface area contributed by atoms with Crippen molar-refractivity contribution >= 4 is 15.8 Å². The number of nitrogens with zero attached hydrogens (tertiary/aromatic N) is 1. The largest absolute Gasteiger partial charge is 0.301 e. The molecule has 0 aliphatic rings. The number of nitro groups is 1. The van der Waals surface area contributed by atoms with E-state index in [2.05, 4.69) is 0 Å². The number of hydrogen-bond donors (Lipinski definition) is 1. The number of nitro benzene ring substituents is 1. The molecule has 1 aromatic carbocycles. The molecule has 0 aliphatic heterocycles. The minimum atomic E-state index is -4.70. The molecule has 124 valence electrons. The Hall–Kier alpha value is -1.47. The van der Waals surface area contributed by atoms with Gasteiger partial charge in [0.05, 0.1) is 4.92 Å². The van der Waals surface area contributed by atoms with Gasteiger partial charge in [-0.2, -0.15) is 8.42 Å². The van der Waals surface area contributed by atoms with E-state index in [1.54, 1.807) is 27.7 Å². The first kappa shape index (κ1) is 18.6. The molecule has 22 heavy (non-hydrogen) atoms. The Bertz CT molecular complexity index is 722. The molecule has 7 heteroatoms. The molecule has 0 radical (unpaired) electrons. The van der Waals surface area contributed by atoms with E-state index in [-0.39, 0.29) is 0 Å². The van der Waals surface area contributed by atoms with Crippen LogP contribution in [0.2, 0.25) is 0 Å². The van der Waals surface area contributed by atoms with Gasteiger partial charge in [-0.3, -0.25) is 14.7 Å². The molecule has 0 amide bonds. The fourth-order valence-corrected chi connectivity index (χ4v) is 3.51. The zero-order valence-corrected chi connectivity index (χ0v) is 14.8. The van der Waals surface area contributed by atoms with Crippen LogP contribution in [0.15, 0.2) is 11.0 Å². The van der Waals surface area contributed by atoms with Crippen LogP contribution in [0, 0.1) is 17.0 Å². The third-order valence-electron chi connectivity index (χ3n) is 3.54. The fraction of sp³-hybridized carbons (Fsp3) is 0.600. The number of rotatable bonds is 2. The van der Waals surface area contributed by atoms with Crippen LogP contribution in [0.3, 0.4) is 0 Å². The summed E-state index contributed by atoms with van der Waals surface area (Å²) in [7, 11) is -4.70. The zero-order chi connectivity index (χ0) is 17.7. The molecule has 0 saturated heterocycles. The number of benzene rings is 1. The van der Waals surface area contributed by atoms with Crippen molar-refractivity contribution in [2.24, 2.45) is 0 Å². The van der Waals surface area contributed by atoms with E-state index < -0.39 is 36.5 Å². The highest BCUT2D eigenvalue weighted by atomic mass is 32.2. The summed E-state index contributed by atoms with van der Waals surface area (Å²) in [5.74, 6) is 0. The van der Waals surface area contributed by atoms with Gasteiger partial charge in [-0.15, -0.1) is 0 Å². The van der Waals surface area contributed by atoms with E-state index in [0.29, 0.717) is 16.7 Å². The molecule has 0 atom stereocenters. The van der Waals surface area contributed by atoms with E-state index >= 15 is 0 Å². The smallest absolute Gasteiger partial charge is 0.282 e. The van der Waals surface area contributed by atoms with Gasteiger partial charge in [-0.05, 0) is 34.9 Å².